The number of H-pyrrole nitrogens is 1. The molecule has 2 aromatic carbocycles. The summed E-state index contributed by atoms with van der Waals surface area (Å²) < 4.78 is 13.8. The monoisotopic (exact) mass is 420 g/mol. The molecule has 4 atom stereocenters. The first-order valence-electron chi connectivity index (χ1n) is 11.5. The van der Waals surface area contributed by atoms with Gasteiger partial charge in [-0.1, -0.05) is 24.3 Å². The highest BCUT2D eigenvalue weighted by atomic mass is 19.1. The van der Waals surface area contributed by atoms with Crippen LogP contribution in [0.15, 0.2) is 42.5 Å². The Hall–Kier alpha value is -2.32. The van der Waals surface area contributed by atoms with Crippen LogP contribution in [-0.4, -0.2) is 41.7 Å². The first kappa shape index (κ1) is 19.4. The number of fused-ring (bicyclic) bond motifs is 2. The Morgan fingerprint density at radius 1 is 0.968 bits per heavy atom. The average Bonchev–Trinajstić information content (AvgIpc) is 3.43. The molecule has 0 saturated carbocycles. The lowest BCUT2D eigenvalue weighted by atomic mass is 9.77. The highest BCUT2D eigenvalue weighted by Crippen LogP contribution is 2.37. The van der Waals surface area contributed by atoms with Crippen molar-refractivity contribution in [1.82, 2.24) is 31.5 Å². The van der Waals surface area contributed by atoms with E-state index in [1.807, 2.05) is 18.2 Å². The van der Waals surface area contributed by atoms with Gasteiger partial charge in [0.15, 0.2) is 0 Å². The van der Waals surface area contributed by atoms with Crippen LogP contribution in [0.3, 0.4) is 0 Å². The number of nitrogens with zero attached hydrogens (tertiary/aromatic N) is 1. The van der Waals surface area contributed by atoms with Gasteiger partial charge < -0.3 is 15.6 Å². The number of benzene rings is 2. The van der Waals surface area contributed by atoms with Crippen LogP contribution in [0.4, 0.5) is 4.39 Å². The Balaban J connectivity index is 1.30. The van der Waals surface area contributed by atoms with E-state index in [-0.39, 0.29) is 11.9 Å². The molecule has 0 radical (unpaired) electrons. The minimum atomic E-state index is -0.228. The van der Waals surface area contributed by atoms with Crippen molar-refractivity contribution in [3.05, 3.63) is 54.1 Å². The minimum absolute atomic E-state index is 0.143. The number of nitrogens with one attached hydrogen (secondary N) is 5. The molecule has 3 aromatic rings. The maximum Gasteiger partial charge on any atom is 0.126 e. The minimum Gasteiger partial charge on any atom is -0.341 e. The quantitative estimate of drug-likeness (QED) is 0.451. The van der Waals surface area contributed by atoms with Gasteiger partial charge in [0.25, 0.3) is 0 Å². The zero-order valence-electron chi connectivity index (χ0n) is 17.5. The lowest BCUT2D eigenvalue weighted by Gasteiger charge is -2.39. The third kappa shape index (κ3) is 3.55. The van der Waals surface area contributed by atoms with Crippen LogP contribution < -0.4 is 21.5 Å². The Morgan fingerprint density at radius 2 is 1.84 bits per heavy atom. The van der Waals surface area contributed by atoms with Crippen molar-refractivity contribution in [3.8, 4) is 11.1 Å². The smallest absolute Gasteiger partial charge is 0.126 e. The number of hydrogen-bond donors (Lipinski definition) is 5. The zero-order chi connectivity index (χ0) is 20.8. The van der Waals surface area contributed by atoms with Crippen molar-refractivity contribution in [2.45, 2.75) is 37.4 Å². The fraction of sp³-hybridized carbons (Fsp3) is 0.458. The van der Waals surface area contributed by atoms with E-state index in [1.54, 1.807) is 12.1 Å². The largest absolute Gasteiger partial charge is 0.341 e. The molecule has 4 heterocycles. The highest BCUT2D eigenvalue weighted by molar-refractivity contribution is 5.92. The Morgan fingerprint density at radius 3 is 2.71 bits per heavy atom. The van der Waals surface area contributed by atoms with Crippen LogP contribution in [-0.2, 0) is 0 Å². The van der Waals surface area contributed by atoms with E-state index >= 15 is 0 Å². The average molecular weight is 421 g/mol. The number of rotatable bonds is 3. The van der Waals surface area contributed by atoms with Crippen molar-refractivity contribution < 1.29 is 4.39 Å². The molecule has 0 amide bonds. The molecular weight excluding hydrogens is 391 g/mol. The third-order valence-electron chi connectivity index (χ3n) is 7.41. The fourth-order valence-electron chi connectivity index (χ4n) is 5.77. The van der Waals surface area contributed by atoms with Crippen molar-refractivity contribution >= 4 is 11.0 Å². The van der Waals surface area contributed by atoms with E-state index in [9.17, 15) is 4.39 Å². The molecule has 6 nitrogen and oxygen atoms in total. The summed E-state index contributed by atoms with van der Waals surface area (Å²) in [5, 5.41) is 7.28. The summed E-state index contributed by atoms with van der Waals surface area (Å²) in [6.07, 6.45) is 3.65. The standard InChI is InChI=1S/C24H29FN6/c25-16-4-1-3-15(11-16)17-5-2-6-19-22(17)29-24(28-19)23-18-12-20(14-7-9-26-10-8-14)27-13-21(18)30-31-23/h1-6,11,14,18,20-21,23,26-27,30-31H,7-10,12-13H2,(H,28,29). The lowest BCUT2D eigenvalue weighted by Crippen LogP contribution is -2.53. The fourth-order valence-corrected chi connectivity index (χ4v) is 5.77. The second kappa shape index (κ2) is 7.98. The molecule has 0 aliphatic carbocycles. The molecule has 162 valence electrons. The first-order valence-corrected chi connectivity index (χ1v) is 11.5. The molecule has 31 heavy (non-hydrogen) atoms. The Labute approximate surface area is 181 Å². The van der Waals surface area contributed by atoms with E-state index < -0.39 is 0 Å². The van der Waals surface area contributed by atoms with Crippen molar-refractivity contribution in [2.75, 3.05) is 19.6 Å². The van der Waals surface area contributed by atoms with Crippen LogP contribution in [0.2, 0.25) is 0 Å². The van der Waals surface area contributed by atoms with Gasteiger partial charge in [-0.15, -0.1) is 0 Å². The first-order chi connectivity index (χ1) is 15.3. The molecule has 7 heteroatoms. The predicted molar refractivity (Wildman–Crippen MR) is 120 cm³/mol. The maximum absolute atomic E-state index is 13.8. The SMILES string of the molecule is Fc1cccc(-c2cccc3[nH]c(C4NNC5CNC(C6CCNCC6)CC54)nc23)c1. The Kier molecular flexibility index (Phi) is 4.99. The molecular formula is C24H29FN6. The molecule has 3 aliphatic rings. The van der Waals surface area contributed by atoms with Gasteiger partial charge in [-0.25, -0.2) is 14.8 Å². The number of para-hydroxylation sites is 1. The van der Waals surface area contributed by atoms with Gasteiger partial charge in [0, 0.05) is 30.1 Å². The van der Waals surface area contributed by atoms with Gasteiger partial charge >= 0.3 is 0 Å². The van der Waals surface area contributed by atoms with Gasteiger partial charge in [-0.3, -0.25) is 5.43 Å². The topological polar surface area (TPSA) is 76.8 Å². The molecule has 4 unspecified atom stereocenters. The summed E-state index contributed by atoms with van der Waals surface area (Å²) in [6.45, 7) is 3.24. The van der Waals surface area contributed by atoms with Gasteiger partial charge in [0.2, 0.25) is 0 Å². The maximum atomic E-state index is 13.8. The molecule has 3 fully saturated rings. The number of halogens is 1. The molecule has 0 spiro atoms. The van der Waals surface area contributed by atoms with Crippen molar-refractivity contribution in [2.24, 2.45) is 11.8 Å². The van der Waals surface area contributed by atoms with E-state index in [0.717, 1.165) is 60.0 Å². The number of hydrazine groups is 1. The second-order valence-electron chi connectivity index (χ2n) is 9.21. The van der Waals surface area contributed by atoms with E-state index in [4.69, 9.17) is 4.98 Å². The van der Waals surface area contributed by atoms with Crippen LogP contribution in [0, 0.1) is 17.7 Å². The van der Waals surface area contributed by atoms with Crippen molar-refractivity contribution in [3.63, 3.8) is 0 Å². The van der Waals surface area contributed by atoms with Crippen LogP contribution in [0.1, 0.15) is 31.1 Å². The van der Waals surface area contributed by atoms with Crippen LogP contribution in [0.5, 0.6) is 0 Å². The number of imidazole rings is 1. The summed E-state index contributed by atoms with van der Waals surface area (Å²) in [5.74, 6) is 1.97. The summed E-state index contributed by atoms with van der Waals surface area (Å²) in [5.41, 5.74) is 10.7. The number of piperidine rings is 2. The van der Waals surface area contributed by atoms with Gasteiger partial charge in [-0.2, -0.15) is 0 Å². The van der Waals surface area contributed by atoms with E-state index in [2.05, 4.69) is 32.5 Å². The number of aromatic nitrogens is 2. The number of aromatic amines is 1. The second-order valence-corrected chi connectivity index (χ2v) is 9.21. The molecule has 1 aromatic heterocycles. The normalized spacial score (nSPS) is 29.3. The molecule has 5 N–H and O–H groups in total. The van der Waals surface area contributed by atoms with Gasteiger partial charge in [0.05, 0.1) is 17.1 Å². The molecule has 6 rings (SSSR count). The summed E-state index contributed by atoms with van der Waals surface area (Å²) in [4.78, 5) is 8.57. The molecule has 0 bridgehead atoms. The predicted octanol–water partition coefficient (Wildman–Crippen LogP) is 2.86. The summed E-state index contributed by atoms with van der Waals surface area (Å²) in [6, 6.07) is 13.9. The van der Waals surface area contributed by atoms with Gasteiger partial charge in [0.1, 0.15) is 11.6 Å². The van der Waals surface area contributed by atoms with E-state index in [1.165, 1.54) is 18.9 Å². The van der Waals surface area contributed by atoms with E-state index in [0.29, 0.717) is 18.0 Å². The molecule has 3 saturated heterocycles. The summed E-state index contributed by atoms with van der Waals surface area (Å²) in [7, 11) is 0. The third-order valence-corrected chi connectivity index (χ3v) is 7.41. The van der Waals surface area contributed by atoms with Gasteiger partial charge in [-0.05, 0) is 62.0 Å². The summed E-state index contributed by atoms with van der Waals surface area (Å²) >= 11 is 0. The van der Waals surface area contributed by atoms with Crippen LogP contribution in [0.25, 0.3) is 22.2 Å². The van der Waals surface area contributed by atoms with Crippen molar-refractivity contribution in [1.29, 1.82) is 0 Å². The Bertz CT molecular complexity index is 1070. The van der Waals surface area contributed by atoms with Crippen LogP contribution >= 0.6 is 0 Å². The number of hydrogen-bond acceptors (Lipinski definition) is 5. The zero-order valence-corrected chi connectivity index (χ0v) is 17.5. The highest BCUT2D eigenvalue weighted by Gasteiger charge is 2.43. The molecule has 3 aliphatic heterocycles. The lowest BCUT2D eigenvalue weighted by molar-refractivity contribution is 0.184.